The van der Waals surface area contributed by atoms with Crippen molar-refractivity contribution in [1.82, 2.24) is 0 Å². The molecule has 4 rings (SSSR count). The molecule has 0 spiro atoms. The fraction of sp³-hybridized carbons (Fsp3) is 0.824. The van der Waals surface area contributed by atoms with Gasteiger partial charge in [-0.05, 0) is 49.4 Å². The first-order valence-corrected chi connectivity index (χ1v) is 8.08. The Hall–Kier alpha value is -0.590. The number of carbonyl (C=O) groups is 1. The van der Waals surface area contributed by atoms with Gasteiger partial charge >= 0.3 is 0 Å². The summed E-state index contributed by atoms with van der Waals surface area (Å²) in [5.41, 5.74) is 3.29. The van der Waals surface area contributed by atoms with Gasteiger partial charge in [0.1, 0.15) is 5.78 Å². The van der Waals surface area contributed by atoms with Crippen molar-refractivity contribution < 1.29 is 4.79 Å². The molecule has 1 heteroatoms. The summed E-state index contributed by atoms with van der Waals surface area (Å²) >= 11 is 0. The largest absolute Gasteiger partial charge is 0.299 e. The number of allylic oxidation sites excluding steroid dienone is 2. The summed E-state index contributed by atoms with van der Waals surface area (Å²) in [6.07, 6.45) is 13.1. The summed E-state index contributed by atoms with van der Waals surface area (Å²) in [4.78, 5) is 11.9. The highest BCUT2D eigenvalue weighted by atomic mass is 16.1. The van der Waals surface area contributed by atoms with E-state index in [1.165, 1.54) is 51.4 Å². The summed E-state index contributed by atoms with van der Waals surface area (Å²) in [5, 5.41) is 0. The van der Waals surface area contributed by atoms with Crippen molar-refractivity contribution in [1.29, 1.82) is 0 Å². The second-order valence-electron chi connectivity index (χ2n) is 7.05. The quantitative estimate of drug-likeness (QED) is 0.581. The highest BCUT2D eigenvalue weighted by Crippen LogP contribution is 2.56. The third-order valence-corrected chi connectivity index (χ3v) is 6.27. The topological polar surface area (TPSA) is 17.1 Å². The smallest absolute Gasteiger partial charge is 0.140 e. The van der Waals surface area contributed by atoms with Crippen molar-refractivity contribution in [3.63, 3.8) is 0 Å². The summed E-state index contributed by atoms with van der Waals surface area (Å²) in [6.45, 7) is 0. The minimum atomic E-state index is 0.524. The van der Waals surface area contributed by atoms with Crippen molar-refractivity contribution in [3.05, 3.63) is 11.1 Å². The highest BCUT2D eigenvalue weighted by molar-refractivity contribution is 5.87. The molecule has 0 aromatic rings. The maximum absolute atomic E-state index is 11.9. The molecule has 0 aromatic heterocycles. The molecule has 2 fully saturated rings. The second kappa shape index (κ2) is 4.21. The maximum Gasteiger partial charge on any atom is 0.140 e. The van der Waals surface area contributed by atoms with Gasteiger partial charge in [0.15, 0.2) is 0 Å². The van der Waals surface area contributed by atoms with Gasteiger partial charge in [-0.15, -0.1) is 0 Å². The number of hydrogen-bond acceptors (Lipinski definition) is 1. The molecule has 4 aliphatic carbocycles. The number of fused-ring (bicyclic) bond motifs is 5. The maximum atomic E-state index is 11.9. The number of Topliss-reactive ketones (excluding diaryl/α,β-unsaturated/α-hetero) is 1. The van der Waals surface area contributed by atoms with Crippen LogP contribution >= 0.6 is 0 Å². The Bertz CT molecular complexity index is 370. The van der Waals surface area contributed by atoms with E-state index in [1.54, 1.807) is 11.1 Å². The van der Waals surface area contributed by atoms with Gasteiger partial charge in [0.25, 0.3) is 0 Å². The summed E-state index contributed by atoms with van der Waals surface area (Å²) in [7, 11) is 0. The fourth-order valence-corrected chi connectivity index (χ4v) is 5.66. The van der Waals surface area contributed by atoms with E-state index in [4.69, 9.17) is 0 Å². The molecule has 0 amide bonds. The Labute approximate surface area is 110 Å². The zero-order valence-electron chi connectivity index (χ0n) is 11.3. The molecule has 4 unspecified atom stereocenters. The van der Waals surface area contributed by atoms with Crippen LogP contribution in [0.1, 0.15) is 64.2 Å². The number of carbonyl (C=O) groups excluding carboxylic acids is 1. The van der Waals surface area contributed by atoms with Crippen LogP contribution in [0.5, 0.6) is 0 Å². The molecule has 0 N–H and O–H groups in total. The average Bonchev–Trinajstić information content (AvgIpc) is 2.81. The predicted molar refractivity (Wildman–Crippen MR) is 72.2 cm³/mol. The molecule has 0 bridgehead atoms. The Morgan fingerprint density at radius 3 is 1.61 bits per heavy atom. The third kappa shape index (κ3) is 1.55. The van der Waals surface area contributed by atoms with Crippen LogP contribution in [-0.4, -0.2) is 5.78 Å². The molecule has 0 saturated heterocycles. The van der Waals surface area contributed by atoms with E-state index in [9.17, 15) is 4.79 Å². The monoisotopic (exact) mass is 244 g/mol. The molecular weight excluding hydrogens is 220 g/mol. The predicted octanol–water partition coefficient (Wildman–Crippen LogP) is 4.27. The van der Waals surface area contributed by atoms with Crippen molar-refractivity contribution in [3.8, 4) is 0 Å². The van der Waals surface area contributed by atoms with Crippen LogP contribution in [0, 0.1) is 23.7 Å². The van der Waals surface area contributed by atoms with Gasteiger partial charge in [0.05, 0.1) is 0 Å². The fourth-order valence-electron chi connectivity index (χ4n) is 5.66. The van der Waals surface area contributed by atoms with Gasteiger partial charge in [0.2, 0.25) is 0 Å². The summed E-state index contributed by atoms with van der Waals surface area (Å²) < 4.78 is 0. The molecular formula is C17H24O. The molecule has 0 radical (unpaired) electrons. The first kappa shape index (κ1) is 11.3. The van der Waals surface area contributed by atoms with E-state index in [-0.39, 0.29) is 0 Å². The Kier molecular flexibility index (Phi) is 2.63. The Morgan fingerprint density at radius 2 is 1.11 bits per heavy atom. The zero-order chi connectivity index (χ0) is 12.1. The van der Waals surface area contributed by atoms with Crippen LogP contribution in [0.3, 0.4) is 0 Å². The first-order chi connectivity index (χ1) is 8.84. The van der Waals surface area contributed by atoms with Crippen LogP contribution in [0.15, 0.2) is 11.1 Å². The number of rotatable bonds is 0. The highest BCUT2D eigenvalue weighted by Gasteiger charge is 2.47. The lowest BCUT2D eigenvalue weighted by Gasteiger charge is -2.48. The molecule has 2 saturated carbocycles. The minimum Gasteiger partial charge on any atom is -0.299 e. The lowest BCUT2D eigenvalue weighted by atomic mass is 9.56. The second-order valence-corrected chi connectivity index (χ2v) is 7.05. The van der Waals surface area contributed by atoms with E-state index in [1.807, 2.05) is 0 Å². The molecule has 98 valence electrons. The van der Waals surface area contributed by atoms with Gasteiger partial charge in [-0.3, -0.25) is 4.79 Å². The normalized spacial score (nSPS) is 43.4. The number of ketones is 1. The molecule has 1 nitrogen and oxygen atoms in total. The number of hydrogen-bond donors (Lipinski definition) is 0. The van der Waals surface area contributed by atoms with E-state index in [0.717, 1.165) is 36.5 Å². The molecule has 0 aromatic carbocycles. The van der Waals surface area contributed by atoms with Crippen LogP contribution in [-0.2, 0) is 4.79 Å². The third-order valence-electron chi connectivity index (χ3n) is 6.27. The van der Waals surface area contributed by atoms with E-state index >= 15 is 0 Å². The molecule has 0 aliphatic heterocycles. The molecule has 4 atom stereocenters. The molecule has 18 heavy (non-hydrogen) atoms. The summed E-state index contributed by atoms with van der Waals surface area (Å²) in [5.74, 6) is 4.07. The van der Waals surface area contributed by atoms with E-state index in [0.29, 0.717) is 5.78 Å². The summed E-state index contributed by atoms with van der Waals surface area (Å²) in [6, 6.07) is 0. The molecule has 0 heterocycles. The van der Waals surface area contributed by atoms with E-state index < -0.39 is 0 Å². The van der Waals surface area contributed by atoms with Crippen LogP contribution < -0.4 is 0 Å². The van der Waals surface area contributed by atoms with Gasteiger partial charge in [0, 0.05) is 12.8 Å². The van der Waals surface area contributed by atoms with E-state index in [2.05, 4.69) is 0 Å². The van der Waals surface area contributed by atoms with Crippen molar-refractivity contribution in [2.24, 2.45) is 23.7 Å². The Morgan fingerprint density at radius 1 is 0.667 bits per heavy atom. The first-order valence-electron chi connectivity index (χ1n) is 8.08. The SMILES string of the molecule is O=C1CC2=C(C1)C1CCCCC1C1CCCCC21. The average molecular weight is 244 g/mol. The van der Waals surface area contributed by atoms with Crippen LogP contribution in [0.25, 0.3) is 0 Å². The zero-order valence-corrected chi connectivity index (χ0v) is 11.3. The van der Waals surface area contributed by atoms with Gasteiger partial charge in [-0.2, -0.15) is 0 Å². The van der Waals surface area contributed by atoms with Gasteiger partial charge in [-0.25, -0.2) is 0 Å². The van der Waals surface area contributed by atoms with Crippen molar-refractivity contribution >= 4 is 5.78 Å². The minimum absolute atomic E-state index is 0.524. The standard InChI is InChI=1S/C17H24O/c18-11-9-16-14-7-3-1-5-12(14)13-6-2-4-8-15(13)17(16)10-11/h12-15H,1-10H2. The van der Waals surface area contributed by atoms with Crippen molar-refractivity contribution in [2.75, 3.05) is 0 Å². The lowest BCUT2D eigenvalue weighted by Crippen LogP contribution is -2.39. The van der Waals surface area contributed by atoms with Crippen LogP contribution in [0.2, 0.25) is 0 Å². The Balaban J connectivity index is 1.75. The van der Waals surface area contributed by atoms with Gasteiger partial charge in [-0.1, -0.05) is 36.8 Å². The van der Waals surface area contributed by atoms with Crippen LogP contribution in [0.4, 0.5) is 0 Å². The lowest BCUT2D eigenvalue weighted by molar-refractivity contribution is -0.117. The van der Waals surface area contributed by atoms with Crippen molar-refractivity contribution in [2.45, 2.75) is 64.2 Å². The molecule has 4 aliphatic rings. The van der Waals surface area contributed by atoms with Gasteiger partial charge < -0.3 is 0 Å².